The van der Waals surface area contributed by atoms with Crippen molar-refractivity contribution in [1.29, 1.82) is 0 Å². The van der Waals surface area contributed by atoms with E-state index in [0.29, 0.717) is 12.0 Å². The molecule has 1 aromatic rings. The number of halogens is 3. The van der Waals surface area contributed by atoms with Crippen molar-refractivity contribution in [2.75, 3.05) is 17.2 Å². The number of hydrogen-bond acceptors (Lipinski definition) is 4. The smallest absolute Gasteiger partial charge is 0.383 e. The molecule has 0 aliphatic carbocycles. The van der Waals surface area contributed by atoms with Crippen LogP contribution in [0.3, 0.4) is 0 Å². The molecule has 19 heavy (non-hydrogen) atoms. The average Bonchev–Trinajstić information content (AvgIpc) is 2.28. The van der Waals surface area contributed by atoms with E-state index in [4.69, 9.17) is 5.73 Å². The predicted octanol–water partition coefficient (Wildman–Crippen LogP) is 2.79. The summed E-state index contributed by atoms with van der Waals surface area (Å²) >= 11 is 0. The van der Waals surface area contributed by atoms with Crippen molar-refractivity contribution in [2.45, 2.75) is 45.8 Å². The van der Waals surface area contributed by atoms with Crippen molar-refractivity contribution < 1.29 is 13.2 Å². The van der Waals surface area contributed by atoms with Gasteiger partial charge < -0.3 is 10.6 Å². The largest absolute Gasteiger partial charge is 0.405 e. The fraction of sp³-hybridized carbons (Fsp3) is 0.667. The summed E-state index contributed by atoms with van der Waals surface area (Å²) in [7, 11) is 0. The molecule has 0 aliphatic rings. The van der Waals surface area contributed by atoms with E-state index in [2.05, 4.69) is 9.97 Å². The highest BCUT2D eigenvalue weighted by atomic mass is 19.4. The molecule has 1 aromatic heterocycles. The minimum absolute atomic E-state index is 0.250. The third kappa shape index (κ3) is 4.25. The number of nitrogen functional groups attached to an aromatic ring is 1. The van der Waals surface area contributed by atoms with Gasteiger partial charge in [-0.05, 0) is 20.3 Å². The molecular formula is C12H19F3N4. The van der Waals surface area contributed by atoms with Crippen LogP contribution >= 0.6 is 0 Å². The Hall–Kier alpha value is -1.53. The first-order valence-corrected chi connectivity index (χ1v) is 6.19. The summed E-state index contributed by atoms with van der Waals surface area (Å²) in [6.07, 6.45) is -1.76. The molecule has 7 heteroatoms. The first kappa shape index (κ1) is 15.5. The first-order chi connectivity index (χ1) is 8.76. The van der Waals surface area contributed by atoms with Gasteiger partial charge in [0.05, 0.1) is 0 Å². The van der Waals surface area contributed by atoms with Gasteiger partial charge in [0.1, 0.15) is 24.5 Å². The maximum absolute atomic E-state index is 12.7. The van der Waals surface area contributed by atoms with Gasteiger partial charge in [0.2, 0.25) is 0 Å². The Morgan fingerprint density at radius 3 is 2.42 bits per heavy atom. The Morgan fingerprint density at radius 2 is 1.95 bits per heavy atom. The van der Waals surface area contributed by atoms with Crippen LogP contribution in [-0.4, -0.2) is 28.7 Å². The van der Waals surface area contributed by atoms with E-state index in [0.717, 1.165) is 6.42 Å². The van der Waals surface area contributed by atoms with Gasteiger partial charge in [0, 0.05) is 11.6 Å². The quantitative estimate of drug-likeness (QED) is 0.898. The van der Waals surface area contributed by atoms with Gasteiger partial charge in [-0.2, -0.15) is 13.2 Å². The van der Waals surface area contributed by atoms with E-state index in [1.165, 1.54) is 11.2 Å². The summed E-state index contributed by atoms with van der Waals surface area (Å²) < 4.78 is 38.0. The van der Waals surface area contributed by atoms with E-state index in [-0.39, 0.29) is 17.7 Å². The lowest BCUT2D eigenvalue weighted by Gasteiger charge is -2.30. The topological polar surface area (TPSA) is 55.0 Å². The fourth-order valence-corrected chi connectivity index (χ4v) is 1.85. The average molecular weight is 276 g/mol. The number of hydrogen-bond donors (Lipinski definition) is 1. The molecule has 1 heterocycles. The van der Waals surface area contributed by atoms with Crippen LogP contribution in [0.15, 0.2) is 6.33 Å². The van der Waals surface area contributed by atoms with Gasteiger partial charge in [-0.15, -0.1) is 0 Å². The minimum atomic E-state index is -4.28. The molecule has 1 rings (SSSR count). The van der Waals surface area contributed by atoms with Crippen LogP contribution in [0.25, 0.3) is 0 Å². The summed E-state index contributed by atoms with van der Waals surface area (Å²) in [5, 5.41) is 0. The Morgan fingerprint density at radius 1 is 1.32 bits per heavy atom. The van der Waals surface area contributed by atoms with Crippen molar-refractivity contribution in [1.82, 2.24) is 9.97 Å². The van der Waals surface area contributed by atoms with Crippen molar-refractivity contribution >= 4 is 11.6 Å². The Kier molecular flexibility index (Phi) is 4.97. The van der Waals surface area contributed by atoms with Crippen molar-refractivity contribution in [3.63, 3.8) is 0 Å². The van der Waals surface area contributed by atoms with Crippen LogP contribution in [0.5, 0.6) is 0 Å². The molecule has 0 spiro atoms. The Labute approximate surface area is 110 Å². The number of alkyl halides is 3. The summed E-state index contributed by atoms with van der Waals surface area (Å²) in [5.41, 5.74) is 6.34. The molecule has 0 saturated heterocycles. The zero-order valence-corrected chi connectivity index (χ0v) is 11.3. The van der Waals surface area contributed by atoms with E-state index in [1.807, 2.05) is 6.92 Å². The van der Waals surface area contributed by atoms with E-state index in [1.54, 1.807) is 13.8 Å². The number of nitrogens with zero attached hydrogens (tertiary/aromatic N) is 3. The van der Waals surface area contributed by atoms with Crippen LogP contribution in [0.1, 0.15) is 32.8 Å². The molecule has 0 unspecified atom stereocenters. The summed E-state index contributed by atoms with van der Waals surface area (Å²) in [4.78, 5) is 9.07. The van der Waals surface area contributed by atoms with Crippen LogP contribution in [0.4, 0.5) is 24.8 Å². The van der Waals surface area contributed by atoms with Crippen LogP contribution in [-0.2, 0) is 6.42 Å². The highest BCUT2D eigenvalue weighted by Crippen LogP contribution is 2.28. The SMILES string of the molecule is CCCc1c(N)ncnc1N(CC(F)(F)F)C(C)C. The molecule has 0 aromatic carbocycles. The van der Waals surface area contributed by atoms with Gasteiger partial charge >= 0.3 is 6.18 Å². The number of aromatic nitrogens is 2. The molecule has 108 valence electrons. The van der Waals surface area contributed by atoms with Gasteiger partial charge in [-0.3, -0.25) is 0 Å². The molecule has 4 nitrogen and oxygen atoms in total. The van der Waals surface area contributed by atoms with E-state index in [9.17, 15) is 13.2 Å². The molecule has 0 atom stereocenters. The number of rotatable bonds is 5. The first-order valence-electron chi connectivity index (χ1n) is 6.19. The predicted molar refractivity (Wildman–Crippen MR) is 69.0 cm³/mol. The monoisotopic (exact) mass is 276 g/mol. The highest BCUT2D eigenvalue weighted by Gasteiger charge is 2.33. The second-order valence-electron chi connectivity index (χ2n) is 4.65. The molecule has 0 fully saturated rings. The van der Waals surface area contributed by atoms with Gasteiger partial charge in [-0.1, -0.05) is 13.3 Å². The van der Waals surface area contributed by atoms with Crippen LogP contribution < -0.4 is 10.6 Å². The molecule has 0 aliphatic heterocycles. The van der Waals surface area contributed by atoms with Crippen molar-refractivity contribution in [3.05, 3.63) is 11.9 Å². The van der Waals surface area contributed by atoms with Crippen LogP contribution in [0.2, 0.25) is 0 Å². The molecule has 2 N–H and O–H groups in total. The number of nitrogens with two attached hydrogens (primary N) is 1. The highest BCUT2D eigenvalue weighted by molar-refractivity contribution is 5.57. The lowest BCUT2D eigenvalue weighted by atomic mass is 10.1. The summed E-state index contributed by atoms with van der Waals surface area (Å²) in [5.74, 6) is 0.529. The fourth-order valence-electron chi connectivity index (χ4n) is 1.85. The zero-order valence-electron chi connectivity index (χ0n) is 11.3. The second kappa shape index (κ2) is 6.08. The maximum Gasteiger partial charge on any atom is 0.405 e. The normalized spacial score (nSPS) is 11.9. The Balaban J connectivity index is 3.19. The van der Waals surface area contributed by atoms with Gasteiger partial charge in [-0.25, -0.2) is 9.97 Å². The van der Waals surface area contributed by atoms with Gasteiger partial charge in [0.15, 0.2) is 0 Å². The van der Waals surface area contributed by atoms with Gasteiger partial charge in [0.25, 0.3) is 0 Å². The summed E-state index contributed by atoms with van der Waals surface area (Å²) in [6.45, 7) is 4.27. The summed E-state index contributed by atoms with van der Waals surface area (Å²) in [6, 6.07) is -0.327. The van der Waals surface area contributed by atoms with Crippen LogP contribution in [0, 0.1) is 0 Å². The van der Waals surface area contributed by atoms with Crippen molar-refractivity contribution in [2.24, 2.45) is 0 Å². The lowest BCUT2D eigenvalue weighted by molar-refractivity contribution is -0.120. The van der Waals surface area contributed by atoms with E-state index >= 15 is 0 Å². The number of anilines is 2. The molecular weight excluding hydrogens is 257 g/mol. The lowest BCUT2D eigenvalue weighted by Crippen LogP contribution is -2.40. The Bertz CT molecular complexity index is 418. The third-order valence-corrected chi connectivity index (χ3v) is 2.70. The molecule has 0 radical (unpaired) electrons. The van der Waals surface area contributed by atoms with Crippen molar-refractivity contribution in [3.8, 4) is 0 Å². The molecule has 0 saturated carbocycles. The minimum Gasteiger partial charge on any atom is -0.383 e. The molecule has 0 amide bonds. The second-order valence-corrected chi connectivity index (χ2v) is 4.65. The third-order valence-electron chi connectivity index (χ3n) is 2.70. The van der Waals surface area contributed by atoms with E-state index < -0.39 is 12.7 Å². The standard InChI is InChI=1S/C12H19F3N4/c1-4-5-9-10(16)17-7-18-11(9)19(8(2)3)6-12(13,14)15/h7-8H,4-6H2,1-3H3,(H2,16,17,18). The molecule has 0 bridgehead atoms. The maximum atomic E-state index is 12.7. The zero-order chi connectivity index (χ0) is 14.6.